The summed E-state index contributed by atoms with van der Waals surface area (Å²) in [5, 5.41) is 4.55. The molecule has 0 aliphatic heterocycles. The van der Waals surface area contributed by atoms with Crippen LogP contribution in [0, 0.1) is 26.7 Å². The van der Waals surface area contributed by atoms with Gasteiger partial charge in [0.15, 0.2) is 0 Å². The smallest absolute Gasteiger partial charge is 0.213 e. The second-order valence-electron chi connectivity index (χ2n) is 4.89. The van der Waals surface area contributed by atoms with Gasteiger partial charge in [0.05, 0.1) is 17.1 Å². The van der Waals surface area contributed by atoms with E-state index in [1.54, 1.807) is 13.0 Å². The minimum absolute atomic E-state index is 0.424. The molecule has 0 fully saturated rings. The Morgan fingerprint density at radius 3 is 2.10 bits per heavy atom. The molecule has 2 rings (SSSR count). The van der Waals surface area contributed by atoms with Crippen LogP contribution in [0.2, 0.25) is 0 Å². The van der Waals surface area contributed by atoms with Gasteiger partial charge in [0.25, 0.3) is 0 Å². The molecule has 110 valence electrons. The first-order chi connectivity index (χ1) is 9.41. The maximum absolute atomic E-state index is 13.0. The van der Waals surface area contributed by atoms with Crippen LogP contribution in [0.3, 0.4) is 0 Å². The van der Waals surface area contributed by atoms with Crippen molar-refractivity contribution >= 4 is 0 Å². The molecule has 0 unspecified atom stereocenters. The van der Waals surface area contributed by atoms with E-state index in [9.17, 15) is 4.39 Å². The number of nitrogens with zero attached hydrogens (tertiary/aromatic N) is 3. The van der Waals surface area contributed by atoms with Gasteiger partial charge < -0.3 is 0 Å². The van der Waals surface area contributed by atoms with Crippen molar-refractivity contribution in [3.63, 3.8) is 0 Å². The molecule has 0 aliphatic carbocycles. The normalized spacial score (nSPS) is 10.4. The van der Waals surface area contributed by atoms with Crippen LogP contribution in [0.15, 0.2) is 12.1 Å². The second kappa shape index (κ2) is 6.64. The van der Waals surface area contributed by atoms with Gasteiger partial charge in [-0.15, -0.1) is 0 Å². The molecule has 0 atom stereocenters. The van der Waals surface area contributed by atoms with Gasteiger partial charge in [0, 0.05) is 5.69 Å². The van der Waals surface area contributed by atoms with Crippen molar-refractivity contribution in [2.75, 3.05) is 0 Å². The summed E-state index contributed by atoms with van der Waals surface area (Å²) in [6, 6.07) is 3.09. The van der Waals surface area contributed by atoms with Crippen LogP contribution in [-0.4, -0.2) is 14.8 Å². The maximum Gasteiger partial charge on any atom is 0.213 e. The molecule has 3 nitrogen and oxygen atoms in total. The highest BCUT2D eigenvalue weighted by Gasteiger charge is 2.16. The molecule has 0 bridgehead atoms. The van der Waals surface area contributed by atoms with Gasteiger partial charge in [0.2, 0.25) is 5.95 Å². The van der Waals surface area contributed by atoms with Gasteiger partial charge in [-0.1, -0.05) is 27.7 Å². The standard InChI is InChI=1S/C14H18FN3.C2H6/c1-8(2)14-10(4)17-18(11(14)5)12-6-7-13(15)16-9(12)3;1-2/h6-8H,1-5H3;1-2H3. The maximum atomic E-state index is 13.0. The van der Waals surface area contributed by atoms with Gasteiger partial charge in [-0.3, -0.25) is 0 Å². The van der Waals surface area contributed by atoms with Gasteiger partial charge in [-0.05, 0) is 44.4 Å². The van der Waals surface area contributed by atoms with E-state index >= 15 is 0 Å². The van der Waals surface area contributed by atoms with E-state index in [0.29, 0.717) is 11.6 Å². The number of aromatic nitrogens is 3. The van der Waals surface area contributed by atoms with Crippen LogP contribution in [0.5, 0.6) is 0 Å². The SMILES string of the molecule is CC.Cc1nc(F)ccc1-n1nc(C)c(C(C)C)c1C. The zero-order chi connectivity index (χ0) is 15.4. The predicted octanol–water partition coefficient (Wildman–Crippen LogP) is 4.48. The Balaban J connectivity index is 0.000000956. The molecule has 2 aromatic heterocycles. The minimum atomic E-state index is -0.457. The first kappa shape index (κ1) is 16.3. The predicted molar refractivity (Wildman–Crippen MR) is 81.0 cm³/mol. The van der Waals surface area contributed by atoms with Gasteiger partial charge in [-0.25, -0.2) is 9.67 Å². The lowest BCUT2D eigenvalue weighted by molar-refractivity contribution is 0.578. The molecule has 0 N–H and O–H groups in total. The van der Waals surface area contributed by atoms with Crippen molar-refractivity contribution in [3.05, 3.63) is 40.7 Å². The summed E-state index contributed by atoms with van der Waals surface area (Å²) in [5.74, 6) is -0.0330. The number of hydrogen-bond acceptors (Lipinski definition) is 2. The highest BCUT2D eigenvalue weighted by atomic mass is 19.1. The van der Waals surface area contributed by atoms with Crippen molar-refractivity contribution in [2.45, 2.75) is 54.4 Å². The zero-order valence-electron chi connectivity index (χ0n) is 13.5. The fourth-order valence-electron chi connectivity index (χ4n) is 2.47. The molecule has 0 spiro atoms. The van der Waals surface area contributed by atoms with Crippen LogP contribution in [-0.2, 0) is 0 Å². The fourth-order valence-corrected chi connectivity index (χ4v) is 2.47. The molecule has 0 aliphatic rings. The monoisotopic (exact) mass is 277 g/mol. The van der Waals surface area contributed by atoms with Crippen LogP contribution in [0.25, 0.3) is 5.69 Å². The van der Waals surface area contributed by atoms with Crippen molar-refractivity contribution in [1.29, 1.82) is 0 Å². The number of pyridine rings is 1. The largest absolute Gasteiger partial charge is 0.236 e. The average molecular weight is 277 g/mol. The topological polar surface area (TPSA) is 30.7 Å². The van der Waals surface area contributed by atoms with E-state index < -0.39 is 5.95 Å². The molecule has 0 saturated carbocycles. The molecular formula is C16H24FN3. The lowest BCUT2D eigenvalue weighted by atomic mass is 10.0. The number of halogens is 1. The Morgan fingerprint density at radius 1 is 1.05 bits per heavy atom. The Labute approximate surface area is 120 Å². The fraction of sp³-hybridized carbons (Fsp3) is 0.500. The third kappa shape index (κ3) is 3.06. The molecule has 0 amide bonds. The first-order valence-corrected chi connectivity index (χ1v) is 7.11. The Bertz CT molecular complexity index is 586. The lowest BCUT2D eigenvalue weighted by Crippen LogP contribution is -2.04. The number of rotatable bonds is 2. The third-order valence-corrected chi connectivity index (χ3v) is 3.18. The Hall–Kier alpha value is -1.71. The van der Waals surface area contributed by atoms with E-state index in [2.05, 4.69) is 23.9 Å². The summed E-state index contributed by atoms with van der Waals surface area (Å²) in [5.41, 5.74) is 4.85. The summed E-state index contributed by atoms with van der Waals surface area (Å²) in [4.78, 5) is 3.85. The molecular weight excluding hydrogens is 253 g/mol. The van der Waals surface area contributed by atoms with E-state index in [0.717, 1.165) is 17.1 Å². The van der Waals surface area contributed by atoms with E-state index in [4.69, 9.17) is 0 Å². The second-order valence-corrected chi connectivity index (χ2v) is 4.89. The van der Waals surface area contributed by atoms with E-state index in [1.807, 2.05) is 32.4 Å². The van der Waals surface area contributed by atoms with Crippen LogP contribution < -0.4 is 0 Å². The molecule has 2 heterocycles. The van der Waals surface area contributed by atoms with Gasteiger partial charge in [0.1, 0.15) is 0 Å². The summed E-state index contributed by atoms with van der Waals surface area (Å²) in [6.07, 6.45) is 0. The Kier molecular flexibility index (Phi) is 5.43. The first-order valence-electron chi connectivity index (χ1n) is 7.11. The van der Waals surface area contributed by atoms with Crippen molar-refractivity contribution < 1.29 is 4.39 Å². The average Bonchev–Trinajstić information content (AvgIpc) is 2.67. The van der Waals surface area contributed by atoms with Crippen LogP contribution in [0.4, 0.5) is 4.39 Å². The molecule has 4 heteroatoms. The quantitative estimate of drug-likeness (QED) is 0.758. The summed E-state index contributed by atoms with van der Waals surface area (Å²) >= 11 is 0. The summed E-state index contributed by atoms with van der Waals surface area (Å²) < 4.78 is 14.9. The van der Waals surface area contributed by atoms with Crippen molar-refractivity contribution in [2.24, 2.45) is 0 Å². The summed E-state index contributed by atoms with van der Waals surface area (Å²) in [6.45, 7) is 14.1. The highest BCUT2D eigenvalue weighted by molar-refractivity contribution is 5.40. The number of aryl methyl sites for hydroxylation is 2. The van der Waals surface area contributed by atoms with Gasteiger partial charge in [-0.2, -0.15) is 9.49 Å². The van der Waals surface area contributed by atoms with E-state index in [1.165, 1.54) is 11.6 Å². The zero-order valence-corrected chi connectivity index (χ0v) is 13.5. The molecule has 2 aromatic rings. The van der Waals surface area contributed by atoms with Crippen LogP contribution in [0.1, 0.15) is 56.3 Å². The minimum Gasteiger partial charge on any atom is -0.236 e. The lowest BCUT2D eigenvalue weighted by Gasteiger charge is -2.09. The van der Waals surface area contributed by atoms with Crippen molar-refractivity contribution in [1.82, 2.24) is 14.8 Å². The molecule has 0 radical (unpaired) electrons. The molecule has 0 saturated heterocycles. The van der Waals surface area contributed by atoms with Crippen molar-refractivity contribution in [3.8, 4) is 5.69 Å². The van der Waals surface area contributed by atoms with Gasteiger partial charge >= 0.3 is 0 Å². The highest BCUT2D eigenvalue weighted by Crippen LogP contribution is 2.25. The number of hydrogen-bond donors (Lipinski definition) is 0. The third-order valence-electron chi connectivity index (χ3n) is 3.18. The summed E-state index contributed by atoms with van der Waals surface area (Å²) in [7, 11) is 0. The molecule has 0 aromatic carbocycles. The van der Waals surface area contributed by atoms with Crippen LogP contribution >= 0.6 is 0 Å². The Morgan fingerprint density at radius 2 is 1.65 bits per heavy atom. The van der Waals surface area contributed by atoms with E-state index in [-0.39, 0.29) is 0 Å². The molecule has 20 heavy (non-hydrogen) atoms.